The van der Waals surface area contributed by atoms with Crippen molar-refractivity contribution in [3.05, 3.63) is 29.0 Å². The number of aliphatic imine (C=N–C) groups is 2. The molecule has 1 aromatic carbocycles. The molecule has 0 aromatic heterocycles. The minimum Gasteiger partial charge on any atom is -0.494 e. The molecule has 1 fully saturated rings. The Labute approximate surface area is 153 Å². The van der Waals surface area contributed by atoms with Crippen molar-refractivity contribution in [2.24, 2.45) is 21.5 Å². The first kappa shape index (κ1) is 17.1. The van der Waals surface area contributed by atoms with E-state index >= 15 is 0 Å². The fourth-order valence-corrected chi connectivity index (χ4v) is 3.87. The van der Waals surface area contributed by atoms with Gasteiger partial charge in [-0.05, 0) is 31.2 Å². The Morgan fingerprint density at radius 2 is 2.23 bits per heavy atom. The fraction of sp³-hybridized carbons (Fsp3) is 0.474. The highest BCUT2D eigenvalue weighted by Gasteiger charge is 2.46. The summed E-state index contributed by atoms with van der Waals surface area (Å²) in [5.41, 5.74) is 16.7. The first-order valence-electron chi connectivity index (χ1n) is 8.88. The number of amidine groups is 1. The predicted molar refractivity (Wildman–Crippen MR) is 103 cm³/mol. The number of likely N-dealkylation sites (N-methyl/N-ethyl adjacent to an activating group) is 1. The van der Waals surface area contributed by atoms with Crippen LogP contribution in [-0.2, 0) is 10.2 Å². The molecule has 1 spiro atoms. The Kier molecular flexibility index (Phi) is 4.20. The Morgan fingerprint density at radius 1 is 1.38 bits per heavy atom. The maximum absolute atomic E-state index is 6.25. The summed E-state index contributed by atoms with van der Waals surface area (Å²) in [6.45, 7) is 3.04. The van der Waals surface area contributed by atoms with E-state index in [4.69, 9.17) is 20.9 Å². The van der Waals surface area contributed by atoms with Crippen LogP contribution in [0, 0.1) is 0 Å². The van der Waals surface area contributed by atoms with Gasteiger partial charge in [-0.3, -0.25) is 4.99 Å². The van der Waals surface area contributed by atoms with E-state index in [0.717, 1.165) is 54.1 Å². The van der Waals surface area contributed by atoms with Gasteiger partial charge in [0, 0.05) is 43.6 Å². The van der Waals surface area contributed by atoms with Crippen molar-refractivity contribution in [2.75, 3.05) is 40.5 Å². The number of nitrogens with zero attached hydrogens (tertiary/aromatic N) is 3. The van der Waals surface area contributed by atoms with Crippen molar-refractivity contribution in [1.29, 1.82) is 0 Å². The van der Waals surface area contributed by atoms with E-state index in [1.807, 2.05) is 18.3 Å². The van der Waals surface area contributed by atoms with E-state index in [1.54, 1.807) is 7.11 Å². The van der Waals surface area contributed by atoms with Crippen molar-refractivity contribution in [1.82, 2.24) is 4.90 Å². The molecule has 7 heteroatoms. The molecular weight excluding hydrogens is 330 g/mol. The van der Waals surface area contributed by atoms with Gasteiger partial charge in [0.05, 0.1) is 24.8 Å². The average Bonchev–Trinajstić information content (AvgIpc) is 3.22. The highest BCUT2D eigenvalue weighted by atomic mass is 16.5. The molecule has 0 amide bonds. The number of hydrogen-bond acceptors (Lipinski definition) is 7. The van der Waals surface area contributed by atoms with Gasteiger partial charge in [0.15, 0.2) is 0 Å². The number of fused-ring (bicyclic) bond motifs is 2. The Bertz CT molecular complexity index is 821. The van der Waals surface area contributed by atoms with Crippen LogP contribution in [-0.4, -0.2) is 57.4 Å². The van der Waals surface area contributed by atoms with Crippen LogP contribution in [0.5, 0.6) is 5.75 Å². The molecule has 1 aromatic rings. The monoisotopic (exact) mass is 355 g/mol. The third kappa shape index (κ3) is 2.68. The molecule has 3 aliphatic rings. The van der Waals surface area contributed by atoms with Crippen LogP contribution in [0.25, 0.3) is 0 Å². The molecule has 0 aliphatic carbocycles. The molecule has 4 rings (SSSR count). The first-order valence-corrected chi connectivity index (χ1v) is 8.88. The summed E-state index contributed by atoms with van der Waals surface area (Å²) >= 11 is 0. The van der Waals surface area contributed by atoms with Crippen LogP contribution < -0.4 is 16.2 Å². The fourth-order valence-electron chi connectivity index (χ4n) is 3.87. The molecule has 1 unspecified atom stereocenters. The van der Waals surface area contributed by atoms with Gasteiger partial charge < -0.3 is 25.8 Å². The van der Waals surface area contributed by atoms with E-state index in [1.165, 1.54) is 0 Å². The zero-order chi connectivity index (χ0) is 18.3. The molecule has 0 saturated carbocycles. The van der Waals surface area contributed by atoms with Crippen LogP contribution in [0.1, 0.15) is 18.4 Å². The summed E-state index contributed by atoms with van der Waals surface area (Å²) in [6.07, 6.45) is 3.55. The van der Waals surface area contributed by atoms with Crippen molar-refractivity contribution in [2.45, 2.75) is 18.3 Å². The number of methoxy groups -OCH3 is 1. The van der Waals surface area contributed by atoms with Crippen LogP contribution in [0.3, 0.4) is 0 Å². The summed E-state index contributed by atoms with van der Waals surface area (Å²) in [6, 6.07) is 3.94. The number of rotatable bonds is 3. The summed E-state index contributed by atoms with van der Waals surface area (Å²) in [5.74, 6) is 1.33. The van der Waals surface area contributed by atoms with Crippen LogP contribution in [0.15, 0.2) is 33.4 Å². The molecule has 1 atom stereocenters. The van der Waals surface area contributed by atoms with Crippen LogP contribution in [0.4, 0.5) is 11.4 Å². The van der Waals surface area contributed by atoms with E-state index in [9.17, 15) is 0 Å². The lowest BCUT2D eigenvalue weighted by molar-refractivity contribution is 0.188. The lowest BCUT2D eigenvalue weighted by Crippen LogP contribution is -2.39. The van der Waals surface area contributed by atoms with Gasteiger partial charge in [-0.25, -0.2) is 4.99 Å². The standard InChI is InChI=1S/C19H25N5O2/c1-24-5-3-14(20)12(10-24)9-22-16-8-15-13(7-17(16)25-2)19(18(21)23-15)4-6-26-11-19/h7-9H,3-6,10-11,20H2,1-2H3,(H2,21,23). The number of ether oxygens (including phenoxy) is 2. The van der Waals surface area contributed by atoms with Gasteiger partial charge in [-0.15, -0.1) is 0 Å². The lowest BCUT2D eigenvalue weighted by atomic mass is 9.80. The van der Waals surface area contributed by atoms with Crippen LogP contribution >= 0.6 is 0 Å². The van der Waals surface area contributed by atoms with Gasteiger partial charge >= 0.3 is 0 Å². The summed E-state index contributed by atoms with van der Waals surface area (Å²) < 4.78 is 11.2. The van der Waals surface area contributed by atoms with Gasteiger partial charge in [0.1, 0.15) is 17.3 Å². The Balaban J connectivity index is 1.71. The maximum Gasteiger partial charge on any atom is 0.144 e. The van der Waals surface area contributed by atoms with E-state index in [0.29, 0.717) is 24.8 Å². The number of hydrogen-bond donors (Lipinski definition) is 2. The highest BCUT2D eigenvalue weighted by Crippen LogP contribution is 2.48. The molecular formula is C19H25N5O2. The highest BCUT2D eigenvalue weighted by molar-refractivity contribution is 6.00. The Hall–Kier alpha value is -2.38. The van der Waals surface area contributed by atoms with Crippen LogP contribution in [0.2, 0.25) is 0 Å². The molecule has 1 saturated heterocycles. The second-order valence-corrected chi connectivity index (χ2v) is 7.22. The molecule has 26 heavy (non-hydrogen) atoms. The maximum atomic E-state index is 6.25. The molecule has 138 valence electrons. The average molecular weight is 355 g/mol. The predicted octanol–water partition coefficient (Wildman–Crippen LogP) is 1.61. The summed E-state index contributed by atoms with van der Waals surface area (Å²) in [4.78, 5) is 11.5. The minimum atomic E-state index is -0.316. The molecule has 7 nitrogen and oxygen atoms in total. The molecule has 3 heterocycles. The quantitative estimate of drug-likeness (QED) is 0.803. The van der Waals surface area contributed by atoms with E-state index in [2.05, 4.69) is 21.9 Å². The van der Waals surface area contributed by atoms with Crippen molar-refractivity contribution < 1.29 is 9.47 Å². The topological polar surface area (TPSA) is 98.5 Å². The van der Waals surface area contributed by atoms with Gasteiger partial charge in [0.2, 0.25) is 0 Å². The zero-order valence-electron chi connectivity index (χ0n) is 15.3. The first-order chi connectivity index (χ1) is 12.5. The second-order valence-electron chi connectivity index (χ2n) is 7.22. The minimum absolute atomic E-state index is 0.316. The molecule has 3 aliphatic heterocycles. The van der Waals surface area contributed by atoms with Crippen molar-refractivity contribution in [3.63, 3.8) is 0 Å². The largest absolute Gasteiger partial charge is 0.494 e. The van der Waals surface area contributed by atoms with Gasteiger partial charge in [-0.1, -0.05) is 0 Å². The third-order valence-electron chi connectivity index (χ3n) is 5.54. The SMILES string of the molecule is COc1cc2c(cc1N=CC1=C(N)CCN(C)C1)N=C(N)C21CCOC1. The zero-order valence-corrected chi connectivity index (χ0v) is 15.3. The molecule has 4 N–H and O–H groups in total. The van der Waals surface area contributed by atoms with E-state index in [-0.39, 0.29) is 5.41 Å². The normalized spacial score (nSPS) is 26.0. The second kappa shape index (κ2) is 6.41. The van der Waals surface area contributed by atoms with Gasteiger partial charge in [0.25, 0.3) is 0 Å². The van der Waals surface area contributed by atoms with Crippen molar-refractivity contribution >= 4 is 23.4 Å². The van der Waals surface area contributed by atoms with Gasteiger partial charge in [-0.2, -0.15) is 0 Å². The molecule has 0 bridgehead atoms. The lowest BCUT2D eigenvalue weighted by Gasteiger charge is -2.24. The number of nitrogens with two attached hydrogens (primary N) is 2. The van der Waals surface area contributed by atoms with E-state index < -0.39 is 0 Å². The summed E-state index contributed by atoms with van der Waals surface area (Å²) in [7, 11) is 3.73. The Morgan fingerprint density at radius 3 is 2.96 bits per heavy atom. The third-order valence-corrected chi connectivity index (χ3v) is 5.54. The van der Waals surface area contributed by atoms with Crippen molar-refractivity contribution in [3.8, 4) is 5.75 Å². The smallest absolute Gasteiger partial charge is 0.144 e. The molecule has 0 radical (unpaired) electrons. The summed E-state index contributed by atoms with van der Waals surface area (Å²) in [5, 5.41) is 0. The number of benzene rings is 1.